The molecule has 2 rings (SSSR count). The predicted molar refractivity (Wildman–Crippen MR) is 51.4 cm³/mol. The van der Waals surface area contributed by atoms with E-state index in [4.69, 9.17) is 4.74 Å². The molecular weight excluding hydrogens is 199 g/mol. The van der Waals surface area contributed by atoms with E-state index in [1.54, 1.807) is 6.07 Å². The number of aldehydes is 1. The topological polar surface area (TPSA) is 52.1 Å². The van der Waals surface area contributed by atoms with Crippen LogP contribution in [0.5, 0.6) is 5.88 Å². The van der Waals surface area contributed by atoms with Gasteiger partial charge in [0.15, 0.2) is 12.1 Å². The molecule has 1 aromatic heterocycles. The maximum atomic E-state index is 13.4. The Kier molecular flexibility index (Phi) is 2.29. The van der Waals surface area contributed by atoms with Crippen LogP contribution < -0.4 is 4.74 Å². The molecule has 0 fully saturated rings. The van der Waals surface area contributed by atoms with E-state index in [0.29, 0.717) is 11.7 Å². The molecule has 0 aliphatic rings. The molecule has 0 radical (unpaired) electrons. The Balaban J connectivity index is 2.86. The molecule has 0 spiro atoms. The third kappa shape index (κ3) is 1.52. The summed E-state index contributed by atoms with van der Waals surface area (Å²) in [5.41, 5.74) is 0.0893. The summed E-state index contributed by atoms with van der Waals surface area (Å²) in [5.74, 6) is -0.401. The first-order chi connectivity index (χ1) is 7.26. The van der Waals surface area contributed by atoms with Crippen LogP contribution in [0.15, 0.2) is 18.2 Å². The van der Waals surface area contributed by atoms with Gasteiger partial charge in [0.2, 0.25) is 5.88 Å². The van der Waals surface area contributed by atoms with Gasteiger partial charge in [0.05, 0.1) is 12.5 Å². The molecule has 0 N–H and O–H groups in total. The highest BCUT2D eigenvalue weighted by Crippen LogP contribution is 2.23. The van der Waals surface area contributed by atoms with Crippen molar-refractivity contribution < 1.29 is 13.9 Å². The number of ether oxygens (including phenoxy) is 1. The first kappa shape index (κ1) is 9.51. The summed E-state index contributed by atoms with van der Waals surface area (Å²) in [5, 5.41) is 0.447. The molecule has 76 valence electrons. The van der Waals surface area contributed by atoms with Crippen LogP contribution >= 0.6 is 0 Å². The first-order valence-electron chi connectivity index (χ1n) is 4.21. The van der Waals surface area contributed by atoms with E-state index in [2.05, 4.69) is 9.97 Å². The van der Waals surface area contributed by atoms with Gasteiger partial charge in [0.25, 0.3) is 0 Å². The summed E-state index contributed by atoms with van der Waals surface area (Å²) in [4.78, 5) is 18.1. The van der Waals surface area contributed by atoms with Gasteiger partial charge in [-0.25, -0.2) is 9.37 Å². The Morgan fingerprint density at radius 3 is 2.87 bits per heavy atom. The highest BCUT2D eigenvalue weighted by molar-refractivity contribution is 5.86. The largest absolute Gasteiger partial charge is 0.480 e. The molecule has 4 nitrogen and oxygen atoms in total. The van der Waals surface area contributed by atoms with Crippen molar-refractivity contribution in [3.8, 4) is 5.88 Å². The Morgan fingerprint density at radius 1 is 1.40 bits per heavy atom. The maximum Gasteiger partial charge on any atom is 0.224 e. The third-order valence-corrected chi connectivity index (χ3v) is 1.96. The second-order valence-electron chi connectivity index (χ2n) is 2.84. The maximum absolute atomic E-state index is 13.4. The number of nitrogens with zero attached hydrogens (tertiary/aromatic N) is 2. The van der Waals surface area contributed by atoms with Gasteiger partial charge in [-0.1, -0.05) is 6.07 Å². The molecule has 0 aliphatic carbocycles. The van der Waals surface area contributed by atoms with Crippen molar-refractivity contribution in [2.24, 2.45) is 0 Å². The average Bonchev–Trinajstić information content (AvgIpc) is 2.28. The van der Waals surface area contributed by atoms with Gasteiger partial charge in [-0.3, -0.25) is 4.79 Å². The number of hydrogen-bond donors (Lipinski definition) is 0. The second-order valence-corrected chi connectivity index (χ2v) is 2.84. The summed E-state index contributed by atoms with van der Waals surface area (Å²) in [6, 6.07) is 4.43. The summed E-state index contributed by atoms with van der Waals surface area (Å²) in [6.07, 6.45) is 0.453. The Hall–Kier alpha value is -2.04. The van der Waals surface area contributed by atoms with E-state index in [0.717, 1.165) is 0 Å². The summed E-state index contributed by atoms with van der Waals surface area (Å²) < 4.78 is 18.3. The number of fused-ring (bicyclic) bond motifs is 1. The number of aromatic nitrogens is 2. The molecule has 0 saturated carbocycles. The lowest BCUT2D eigenvalue weighted by atomic mass is 10.2. The van der Waals surface area contributed by atoms with Crippen LogP contribution in [0.1, 0.15) is 10.6 Å². The molecule has 5 heteroatoms. The summed E-state index contributed by atoms with van der Waals surface area (Å²) in [7, 11) is 1.40. The quantitative estimate of drug-likeness (QED) is 0.700. The molecule has 1 heterocycles. The highest BCUT2D eigenvalue weighted by Gasteiger charge is 2.10. The van der Waals surface area contributed by atoms with E-state index in [-0.39, 0.29) is 17.2 Å². The van der Waals surface area contributed by atoms with Gasteiger partial charge < -0.3 is 4.74 Å². The average molecular weight is 206 g/mol. The van der Waals surface area contributed by atoms with Crippen molar-refractivity contribution >= 4 is 17.2 Å². The molecular formula is C10H7FN2O2. The lowest BCUT2D eigenvalue weighted by Crippen LogP contribution is -1.99. The van der Waals surface area contributed by atoms with Crippen molar-refractivity contribution in [3.63, 3.8) is 0 Å². The van der Waals surface area contributed by atoms with Crippen LogP contribution in [0, 0.1) is 5.82 Å². The minimum absolute atomic E-state index is 0.0893. The number of methoxy groups -OCH3 is 1. The molecule has 0 unspecified atom stereocenters. The zero-order valence-corrected chi connectivity index (χ0v) is 7.90. The molecule has 2 aromatic rings. The Labute approximate surface area is 84.7 Å². The SMILES string of the molecule is COc1nc(C=O)nc2c(F)cccc12. The summed E-state index contributed by atoms with van der Waals surface area (Å²) >= 11 is 0. The Morgan fingerprint density at radius 2 is 2.20 bits per heavy atom. The van der Waals surface area contributed by atoms with E-state index < -0.39 is 5.82 Å². The summed E-state index contributed by atoms with van der Waals surface area (Å²) in [6.45, 7) is 0. The number of hydrogen-bond acceptors (Lipinski definition) is 4. The van der Waals surface area contributed by atoms with E-state index >= 15 is 0 Å². The van der Waals surface area contributed by atoms with Crippen molar-refractivity contribution in [3.05, 3.63) is 29.8 Å². The van der Waals surface area contributed by atoms with Gasteiger partial charge in [-0.05, 0) is 12.1 Å². The molecule has 0 aliphatic heterocycles. The molecule has 15 heavy (non-hydrogen) atoms. The van der Waals surface area contributed by atoms with Crippen molar-refractivity contribution in [1.29, 1.82) is 0 Å². The highest BCUT2D eigenvalue weighted by atomic mass is 19.1. The van der Waals surface area contributed by atoms with Crippen LogP contribution in [0.2, 0.25) is 0 Å². The minimum Gasteiger partial charge on any atom is -0.480 e. The van der Waals surface area contributed by atoms with E-state index in [1.807, 2.05) is 0 Å². The van der Waals surface area contributed by atoms with Crippen LogP contribution in [0.3, 0.4) is 0 Å². The van der Waals surface area contributed by atoms with E-state index in [1.165, 1.54) is 19.2 Å². The molecule has 1 aromatic carbocycles. The fourth-order valence-electron chi connectivity index (χ4n) is 1.31. The number of rotatable bonds is 2. The lowest BCUT2D eigenvalue weighted by molar-refractivity contribution is 0.111. The van der Waals surface area contributed by atoms with Crippen LogP contribution in [-0.2, 0) is 0 Å². The second kappa shape index (κ2) is 3.61. The first-order valence-corrected chi connectivity index (χ1v) is 4.21. The fraction of sp³-hybridized carbons (Fsp3) is 0.100. The molecule has 0 saturated heterocycles. The third-order valence-electron chi connectivity index (χ3n) is 1.96. The zero-order valence-electron chi connectivity index (χ0n) is 7.90. The van der Waals surface area contributed by atoms with Gasteiger partial charge >= 0.3 is 0 Å². The number of carbonyl (C=O) groups excluding carboxylic acids is 1. The van der Waals surface area contributed by atoms with Crippen molar-refractivity contribution in [1.82, 2.24) is 9.97 Å². The predicted octanol–water partition coefficient (Wildman–Crippen LogP) is 1.59. The molecule has 0 amide bonds. The molecule has 0 atom stereocenters. The van der Waals surface area contributed by atoms with E-state index in [9.17, 15) is 9.18 Å². The lowest BCUT2D eigenvalue weighted by Gasteiger charge is -2.04. The van der Waals surface area contributed by atoms with Gasteiger partial charge in [-0.2, -0.15) is 4.98 Å². The standard InChI is InChI=1S/C10H7FN2O2/c1-15-10-6-3-2-4-7(11)9(6)12-8(5-14)13-10/h2-5H,1H3. The minimum atomic E-state index is -0.503. The van der Waals surface area contributed by atoms with Gasteiger partial charge in [-0.15, -0.1) is 0 Å². The van der Waals surface area contributed by atoms with Gasteiger partial charge in [0.1, 0.15) is 11.3 Å². The van der Waals surface area contributed by atoms with Crippen LogP contribution in [0.25, 0.3) is 10.9 Å². The number of carbonyl (C=O) groups is 1. The van der Waals surface area contributed by atoms with Crippen molar-refractivity contribution in [2.75, 3.05) is 7.11 Å². The van der Waals surface area contributed by atoms with Gasteiger partial charge in [0, 0.05) is 0 Å². The van der Waals surface area contributed by atoms with Crippen LogP contribution in [-0.4, -0.2) is 23.4 Å². The fourth-order valence-corrected chi connectivity index (χ4v) is 1.31. The van der Waals surface area contributed by atoms with Crippen LogP contribution in [0.4, 0.5) is 4.39 Å². The Bertz CT molecular complexity index is 528. The zero-order chi connectivity index (χ0) is 10.8. The monoisotopic (exact) mass is 206 g/mol. The van der Waals surface area contributed by atoms with Crippen molar-refractivity contribution in [2.45, 2.75) is 0 Å². The molecule has 0 bridgehead atoms. The number of para-hydroxylation sites is 1. The normalized spacial score (nSPS) is 10.3. The number of benzene rings is 1. The number of halogens is 1. The smallest absolute Gasteiger partial charge is 0.224 e.